The minimum absolute atomic E-state index is 0.0481. The summed E-state index contributed by atoms with van der Waals surface area (Å²) < 4.78 is 11.7. The molecular weight excluding hydrogens is 224 g/mol. The van der Waals surface area contributed by atoms with Crippen LogP contribution in [0.1, 0.15) is 19.7 Å². The molecule has 1 heterocycles. The van der Waals surface area contributed by atoms with Gasteiger partial charge in [0.1, 0.15) is 12.4 Å². The molecule has 0 spiro atoms. The quantitative estimate of drug-likeness (QED) is 0.708. The molecule has 6 heteroatoms. The first kappa shape index (κ1) is 13.2. The fourth-order valence-corrected chi connectivity index (χ4v) is 1.39. The normalized spacial score (nSPS) is 11.9. The number of aromatic nitrogens is 2. The van der Waals surface area contributed by atoms with E-state index < -0.39 is 18.0 Å². The Morgan fingerprint density at radius 2 is 2.12 bits per heavy atom. The summed E-state index contributed by atoms with van der Waals surface area (Å²) in [5.41, 5.74) is 0. The molecule has 0 aliphatic carbocycles. The second kappa shape index (κ2) is 6.03. The maximum absolute atomic E-state index is 10.9. The van der Waals surface area contributed by atoms with Crippen LogP contribution in [0, 0.1) is 6.92 Å². The van der Waals surface area contributed by atoms with E-state index >= 15 is 0 Å². The standard InChI is InChI=1S/C11H16N2O4/c1-8-12-4-5-13(8)6-11(17-10(3)15)7-16-9(2)14/h4-5,11H,6-7H2,1-3H3. The Hall–Kier alpha value is -1.85. The molecule has 0 amide bonds. The van der Waals surface area contributed by atoms with Gasteiger partial charge in [-0.05, 0) is 6.92 Å². The third kappa shape index (κ3) is 4.67. The number of nitrogens with zero attached hydrogens (tertiary/aromatic N) is 2. The van der Waals surface area contributed by atoms with Gasteiger partial charge in [-0.2, -0.15) is 0 Å². The van der Waals surface area contributed by atoms with Gasteiger partial charge in [0.2, 0.25) is 0 Å². The average molecular weight is 240 g/mol. The number of rotatable bonds is 5. The van der Waals surface area contributed by atoms with Gasteiger partial charge in [0.25, 0.3) is 0 Å². The Kier molecular flexibility index (Phi) is 4.68. The van der Waals surface area contributed by atoms with Crippen molar-refractivity contribution in [2.45, 2.75) is 33.4 Å². The largest absolute Gasteiger partial charge is 0.462 e. The third-order valence-corrected chi connectivity index (χ3v) is 2.13. The Morgan fingerprint density at radius 3 is 2.59 bits per heavy atom. The fraction of sp³-hybridized carbons (Fsp3) is 0.545. The molecule has 0 N–H and O–H groups in total. The summed E-state index contributed by atoms with van der Waals surface area (Å²) in [6.07, 6.45) is 2.94. The SMILES string of the molecule is CC(=O)OCC(Cn1ccnc1C)OC(C)=O. The van der Waals surface area contributed by atoms with Crippen LogP contribution < -0.4 is 0 Å². The highest BCUT2D eigenvalue weighted by Gasteiger charge is 2.15. The van der Waals surface area contributed by atoms with E-state index in [4.69, 9.17) is 9.47 Å². The van der Waals surface area contributed by atoms with Gasteiger partial charge in [0.05, 0.1) is 6.54 Å². The van der Waals surface area contributed by atoms with Crippen LogP contribution >= 0.6 is 0 Å². The van der Waals surface area contributed by atoms with Crippen molar-refractivity contribution in [1.29, 1.82) is 0 Å². The lowest BCUT2D eigenvalue weighted by atomic mass is 10.3. The summed E-state index contributed by atoms with van der Waals surface area (Å²) in [6.45, 7) is 4.94. The highest BCUT2D eigenvalue weighted by Crippen LogP contribution is 2.03. The first-order chi connectivity index (χ1) is 7.99. The van der Waals surface area contributed by atoms with E-state index in [0.717, 1.165) is 5.82 Å². The molecule has 17 heavy (non-hydrogen) atoms. The molecule has 1 aromatic heterocycles. The van der Waals surface area contributed by atoms with Crippen LogP contribution in [0.25, 0.3) is 0 Å². The fourth-order valence-electron chi connectivity index (χ4n) is 1.39. The van der Waals surface area contributed by atoms with Crippen LogP contribution in [0.3, 0.4) is 0 Å². The minimum atomic E-state index is -0.496. The van der Waals surface area contributed by atoms with Crippen molar-refractivity contribution in [3.63, 3.8) is 0 Å². The lowest BCUT2D eigenvalue weighted by Crippen LogP contribution is -2.28. The van der Waals surface area contributed by atoms with Gasteiger partial charge < -0.3 is 14.0 Å². The maximum Gasteiger partial charge on any atom is 0.303 e. The Labute approximate surface area is 99.5 Å². The van der Waals surface area contributed by atoms with E-state index in [-0.39, 0.29) is 6.61 Å². The first-order valence-electron chi connectivity index (χ1n) is 5.27. The number of esters is 2. The molecule has 0 saturated heterocycles. The molecule has 0 aliphatic rings. The average Bonchev–Trinajstić information content (AvgIpc) is 2.60. The zero-order chi connectivity index (χ0) is 12.8. The molecule has 0 aliphatic heterocycles. The number of imidazole rings is 1. The molecule has 0 aromatic carbocycles. The first-order valence-corrected chi connectivity index (χ1v) is 5.27. The maximum atomic E-state index is 10.9. The summed E-state index contributed by atoms with van der Waals surface area (Å²) in [4.78, 5) is 25.7. The van der Waals surface area contributed by atoms with E-state index in [1.54, 1.807) is 12.4 Å². The summed E-state index contributed by atoms with van der Waals surface area (Å²) in [5, 5.41) is 0. The molecular formula is C11H16N2O4. The molecule has 94 valence electrons. The zero-order valence-corrected chi connectivity index (χ0v) is 10.2. The van der Waals surface area contributed by atoms with Gasteiger partial charge >= 0.3 is 11.9 Å². The number of carbonyl (C=O) groups excluding carboxylic acids is 2. The molecule has 1 aromatic rings. The highest BCUT2D eigenvalue weighted by atomic mass is 16.6. The van der Waals surface area contributed by atoms with Gasteiger partial charge in [-0.15, -0.1) is 0 Å². The van der Waals surface area contributed by atoms with E-state index in [1.807, 2.05) is 11.5 Å². The van der Waals surface area contributed by atoms with Crippen molar-refractivity contribution < 1.29 is 19.1 Å². The van der Waals surface area contributed by atoms with Gasteiger partial charge in [-0.3, -0.25) is 9.59 Å². The van der Waals surface area contributed by atoms with E-state index in [2.05, 4.69) is 4.98 Å². The van der Waals surface area contributed by atoms with Crippen LogP contribution in [-0.4, -0.2) is 34.2 Å². The number of hydrogen-bond donors (Lipinski definition) is 0. The molecule has 0 bridgehead atoms. The van der Waals surface area contributed by atoms with Gasteiger partial charge in [0, 0.05) is 26.2 Å². The Balaban J connectivity index is 2.59. The zero-order valence-electron chi connectivity index (χ0n) is 10.2. The third-order valence-electron chi connectivity index (χ3n) is 2.13. The van der Waals surface area contributed by atoms with Gasteiger partial charge in [0.15, 0.2) is 6.10 Å². The number of ether oxygens (including phenoxy) is 2. The van der Waals surface area contributed by atoms with E-state index in [0.29, 0.717) is 6.54 Å². The predicted molar refractivity (Wildman–Crippen MR) is 59.2 cm³/mol. The Morgan fingerprint density at radius 1 is 1.41 bits per heavy atom. The van der Waals surface area contributed by atoms with Crippen LogP contribution in [0.2, 0.25) is 0 Å². The molecule has 1 rings (SSSR count). The molecule has 0 saturated carbocycles. The topological polar surface area (TPSA) is 70.4 Å². The monoisotopic (exact) mass is 240 g/mol. The van der Waals surface area contributed by atoms with Crippen molar-refractivity contribution in [2.24, 2.45) is 0 Å². The Bertz CT molecular complexity index is 400. The second-order valence-corrected chi connectivity index (χ2v) is 3.66. The van der Waals surface area contributed by atoms with Gasteiger partial charge in [-0.25, -0.2) is 4.98 Å². The van der Waals surface area contributed by atoms with Crippen LogP contribution in [0.5, 0.6) is 0 Å². The summed E-state index contributed by atoms with van der Waals surface area (Å²) >= 11 is 0. The number of hydrogen-bond acceptors (Lipinski definition) is 5. The molecule has 1 unspecified atom stereocenters. The van der Waals surface area contributed by atoms with E-state index in [1.165, 1.54) is 13.8 Å². The van der Waals surface area contributed by atoms with Crippen molar-refractivity contribution in [3.8, 4) is 0 Å². The van der Waals surface area contributed by atoms with Crippen molar-refractivity contribution in [2.75, 3.05) is 6.61 Å². The lowest BCUT2D eigenvalue weighted by molar-refractivity contribution is -0.157. The van der Waals surface area contributed by atoms with Crippen LogP contribution in [-0.2, 0) is 25.6 Å². The van der Waals surface area contributed by atoms with Crippen LogP contribution in [0.4, 0.5) is 0 Å². The highest BCUT2D eigenvalue weighted by molar-refractivity contribution is 5.67. The minimum Gasteiger partial charge on any atom is -0.462 e. The van der Waals surface area contributed by atoms with Gasteiger partial charge in [-0.1, -0.05) is 0 Å². The summed E-state index contributed by atoms with van der Waals surface area (Å²) in [6, 6.07) is 0. The number of aryl methyl sites for hydroxylation is 1. The molecule has 1 atom stereocenters. The molecule has 0 fully saturated rings. The van der Waals surface area contributed by atoms with Crippen LogP contribution in [0.15, 0.2) is 12.4 Å². The summed E-state index contributed by atoms with van der Waals surface area (Å²) in [5.74, 6) is 0.00871. The second-order valence-electron chi connectivity index (χ2n) is 3.66. The molecule has 6 nitrogen and oxygen atoms in total. The summed E-state index contributed by atoms with van der Waals surface area (Å²) in [7, 11) is 0. The predicted octanol–water partition coefficient (Wildman–Crippen LogP) is 0.686. The van der Waals surface area contributed by atoms with Crippen molar-refractivity contribution >= 4 is 11.9 Å². The lowest BCUT2D eigenvalue weighted by Gasteiger charge is -2.17. The number of carbonyl (C=O) groups is 2. The molecule has 0 radical (unpaired) electrons. The van der Waals surface area contributed by atoms with Crippen molar-refractivity contribution in [1.82, 2.24) is 9.55 Å². The smallest absolute Gasteiger partial charge is 0.303 e. The van der Waals surface area contributed by atoms with Crippen molar-refractivity contribution in [3.05, 3.63) is 18.2 Å². The van der Waals surface area contributed by atoms with E-state index in [9.17, 15) is 9.59 Å².